The summed E-state index contributed by atoms with van der Waals surface area (Å²) in [6.07, 6.45) is 4.98. The molecule has 5 nitrogen and oxygen atoms in total. The Kier molecular flexibility index (Phi) is 4.72. The number of benzene rings is 1. The van der Waals surface area contributed by atoms with Crippen LogP contribution < -0.4 is 10.1 Å². The molecule has 1 amide bonds. The summed E-state index contributed by atoms with van der Waals surface area (Å²) < 4.78 is 12.0. The molecule has 1 atom stereocenters. The van der Waals surface area contributed by atoms with Crippen LogP contribution in [0.25, 0.3) is 0 Å². The number of furan rings is 1. The first-order chi connectivity index (χ1) is 12.7. The van der Waals surface area contributed by atoms with E-state index in [0.717, 1.165) is 56.0 Å². The predicted octanol–water partition coefficient (Wildman–Crippen LogP) is 3.66. The third kappa shape index (κ3) is 3.49. The normalized spacial score (nSPS) is 21.8. The monoisotopic (exact) mass is 354 g/mol. The molecule has 2 aliphatic rings. The van der Waals surface area contributed by atoms with Gasteiger partial charge in [0.2, 0.25) is 5.91 Å². The highest BCUT2D eigenvalue weighted by Gasteiger charge is 2.43. The number of fused-ring (bicyclic) bond motifs is 1. The summed E-state index contributed by atoms with van der Waals surface area (Å²) in [5, 5.41) is 3.20. The smallest absolute Gasteiger partial charge is 0.220 e. The number of nitrogens with one attached hydrogen (secondary N) is 1. The zero-order valence-corrected chi connectivity index (χ0v) is 15.2. The first kappa shape index (κ1) is 17.2. The van der Waals surface area contributed by atoms with Gasteiger partial charge in [0.1, 0.15) is 17.1 Å². The van der Waals surface area contributed by atoms with E-state index in [4.69, 9.17) is 9.15 Å². The van der Waals surface area contributed by atoms with Gasteiger partial charge >= 0.3 is 0 Å². The molecule has 1 fully saturated rings. The van der Waals surface area contributed by atoms with E-state index >= 15 is 0 Å². The summed E-state index contributed by atoms with van der Waals surface area (Å²) in [7, 11) is 0. The molecule has 1 aromatic heterocycles. The van der Waals surface area contributed by atoms with Crippen molar-refractivity contribution in [3.63, 3.8) is 0 Å². The van der Waals surface area contributed by atoms with Crippen LogP contribution in [-0.2, 0) is 11.3 Å². The van der Waals surface area contributed by atoms with Gasteiger partial charge in [-0.3, -0.25) is 9.69 Å². The van der Waals surface area contributed by atoms with Gasteiger partial charge in [0, 0.05) is 31.5 Å². The van der Waals surface area contributed by atoms with Gasteiger partial charge in [0.05, 0.1) is 18.8 Å². The SMILES string of the molecule is CCC(=O)NC1CC2(CCN(Cc3ccco3)CC2)Oc2ccccc21. The van der Waals surface area contributed by atoms with E-state index in [1.54, 1.807) is 6.26 Å². The van der Waals surface area contributed by atoms with E-state index in [-0.39, 0.29) is 17.6 Å². The minimum absolute atomic E-state index is 0.0315. The van der Waals surface area contributed by atoms with Crippen molar-refractivity contribution < 1.29 is 13.9 Å². The Bertz CT molecular complexity index is 748. The fourth-order valence-electron chi connectivity index (χ4n) is 4.09. The van der Waals surface area contributed by atoms with Gasteiger partial charge in [-0.25, -0.2) is 0 Å². The number of likely N-dealkylation sites (tertiary alicyclic amines) is 1. The first-order valence-electron chi connectivity index (χ1n) is 9.49. The molecule has 1 N–H and O–H groups in total. The van der Waals surface area contributed by atoms with E-state index in [1.807, 2.05) is 37.3 Å². The van der Waals surface area contributed by atoms with Crippen LogP contribution >= 0.6 is 0 Å². The maximum Gasteiger partial charge on any atom is 0.220 e. The zero-order chi connectivity index (χ0) is 18.0. The van der Waals surface area contributed by atoms with Gasteiger partial charge in [0.15, 0.2) is 0 Å². The molecule has 0 radical (unpaired) electrons. The molecular formula is C21H26N2O3. The molecule has 1 unspecified atom stereocenters. The summed E-state index contributed by atoms with van der Waals surface area (Å²) in [6, 6.07) is 12.1. The Morgan fingerprint density at radius 3 is 2.77 bits per heavy atom. The number of rotatable bonds is 4. The summed E-state index contributed by atoms with van der Waals surface area (Å²) in [5.41, 5.74) is 0.901. The second kappa shape index (κ2) is 7.16. The maximum absolute atomic E-state index is 12.0. The third-order valence-corrected chi connectivity index (χ3v) is 5.58. The summed E-state index contributed by atoms with van der Waals surface area (Å²) in [4.78, 5) is 14.4. The van der Waals surface area contributed by atoms with Crippen molar-refractivity contribution in [2.45, 2.75) is 50.8 Å². The average Bonchev–Trinajstić information content (AvgIpc) is 3.17. The Morgan fingerprint density at radius 2 is 2.04 bits per heavy atom. The van der Waals surface area contributed by atoms with Crippen LogP contribution in [0.5, 0.6) is 5.75 Å². The molecule has 0 aliphatic carbocycles. The standard InChI is InChI=1S/C21H26N2O3/c1-2-20(24)22-18-14-21(26-19-8-4-3-7-17(18)19)9-11-23(12-10-21)15-16-6-5-13-25-16/h3-8,13,18H,2,9-12,14-15H2,1H3,(H,22,24). The van der Waals surface area contributed by atoms with Gasteiger partial charge in [0.25, 0.3) is 0 Å². The second-order valence-electron chi connectivity index (χ2n) is 7.36. The van der Waals surface area contributed by atoms with Gasteiger partial charge in [-0.15, -0.1) is 0 Å². The lowest BCUT2D eigenvalue weighted by Crippen LogP contribution is -2.52. The van der Waals surface area contributed by atoms with Crippen molar-refractivity contribution in [3.05, 3.63) is 54.0 Å². The molecule has 5 heteroatoms. The van der Waals surface area contributed by atoms with Crippen LogP contribution in [0.2, 0.25) is 0 Å². The van der Waals surface area contributed by atoms with E-state index in [9.17, 15) is 4.79 Å². The second-order valence-corrected chi connectivity index (χ2v) is 7.36. The number of ether oxygens (including phenoxy) is 1. The lowest BCUT2D eigenvalue weighted by atomic mass is 9.80. The van der Waals surface area contributed by atoms with Crippen LogP contribution in [0.4, 0.5) is 0 Å². The largest absolute Gasteiger partial charge is 0.487 e. The predicted molar refractivity (Wildman–Crippen MR) is 98.8 cm³/mol. The molecule has 2 aliphatic heterocycles. The van der Waals surface area contributed by atoms with E-state index in [0.29, 0.717) is 6.42 Å². The average molecular weight is 354 g/mol. The highest BCUT2D eigenvalue weighted by Crippen LogP contribution is 2.44. The lowest BCUT2D eigenvalue weighted by Gasteiger charge is -2.47. The molecule has 2 aromatic rings. The number of carbonyl (C=O) groups excluding carboxylic acids is 1. The molecule has 138 valence electrons. The van der Waals surface area contributed by atoms with Crippen molar-refractivity contribution in [2.75, 3.05) is 13.1 Å². The molecular weight excluding hydrogens is 328 g/mol. The number of nitrogens with zero attached hydrogens (tertiary/aromatic N) is 1. The Balaban J connectivity index is 1.48. The van der Waals surface area contributed by atoms with Crippen molar-refractivity contribution in [1.82, 2.24) is 10.2 Å². The Morgan fingerprint density at radius 1 is 1.23 bits per heavy atom. The van der Waals surface area contributed by atoms with Crippen LogP contribution in [-0.4, -0.2) is 29.5 Å². The minimum atomic E-state index is -0.195. The van der Waals surface area contributed by atoms with Crippen molar-refractivity contribution in [2.24, 2.45) is 0 Å². The molecule has 1 spiro atoms. The fourth-order valence-corrected chi connectivity index (χ4v) is 4.09. The van der Waals surface area contributed by atoms with Crippen LogP contribution in [0, 0.1) is 0 Å². The van der Waals surface area contributed by atoms with E-state index in [1.165, 1.54) is 0 Å². The number of piperidine rings is 1. The molecule has 4 rings (SSSR count). The Labute approximate surface area is 154 Å². The van der Waals surface area contributed by atoms with Crippen molar-refractivity contribution in [3.8, 4) is 5.75 Å². The molecule has 26 heavy (non-hydrogen) atoms. The quantitative estimate of drug-likeness (QED) is 0.910. The summed E-state index contributed by atoms with van der Waals surface area (Å²) in [5.74, 6) is 2.01. The number of hydrogen-bond acceptors (Lipinski definition) is 4. The molecule has 1 saturated heterocycles. The number of carbonyl (C=O) groups is 1. The van der Waals surface area contributed by atoms with Gasteiger partial charge < -0.3 is 14.5 Å². The van der Waals surface area contributed by atoms with Crippen LogP contribution in [0.1, 0.15) is 50.0 Å². The van der Waals surface area contributed by atoms with Crippen LogP contribution in [0.15, 0.2) is 47.1 Å². The highest BCUT2D eigenvalue weighted by molar-refractivity contribution is 5.76. The first-order valence-corrected chi connectivity index (χ1v) is 9.49. The molecule has 1 aromatic carbocycles. The maximum atomic E-state index is 12.0. The molecule has 0 bridgehead atoms. The van der Waals surface area contributed by atoms with E-state index in [2.05, 4.69) is 16.3 Å². The minimum Gasteiger partial charge on any atom is -0.487 e. The van der Waals surface area contributed by atoms with Crippen molar-refractivity contribution in [1.29, 1.82) is 0 Å². The lowest BCUT2D eigenvalue weighted by molar-refractivity contribution is -0.122. The summed E-state index contributed by atoms with van der Waals surface area (Å²) in [6.45, 7) is 4.67. The summed E-state index contributed by atoms with van der Waals surface area (Å²) >= 11 is 0. The van der Waals surface area contributed by atoms with Crippen LogP contribution in [0.3, 0.4) is 0 Å². The molecule has 3 heterocycles. The number of hydrogen-bond donors (Lipinski definition) is 1. The zero-order valence-electron chi connectivity index (χ0n) is 15.2. The van der Waals surface area contributed by atoms with Gasteiger partial charge in [-0.1, -0.05) is 25.1 Å². The highest BCUT2D eigenvalue weighted by atomic mass is 16.5. The van der Waals surface area contributed by atoms with E-state index < -0.39 is 0 Å². The fraction of sp³-hybridized carbons (Fsp3) is 0.476. The number of para-hydroxylation sites is 1. The Hall–Kier alpha value is -2.27. The van der Waals surface area contributed by atoms with Gasteiger partial charge in [-0.2, -0.15) is 0 Å². The van der Waals surface area contributed by atoms with Crippen molar-refractivity contribution >= 4 is 5.91 Å². The third-order valence-electron chi connectivity index (χ3n) is 5.58. The topological polar surface area (TPSA) is 54.7 Å². The van der Waals surface area contributed by atoms with Gasteiger partial charge in [-0.05, 0) is 31.0 Å². The molecule has 0 saturated carbocycles. The number of amides is 1.